The van der Waals surface area contributed by atoms with Crippen LogP contribution >= 0.6 is 7.82 Å². The molecule has 0 aromatic heterocycles. The molecule has 11 nitrogen and oxygen atoms in total. The Bertz CT molecular complexity index is 1260. The van der Waals surface area contributed by atoms with Gasteiger partial charge in [-0.25, -0.2) is 9.36 Å². The van der Waals surface area contributed by atoms with E-state index in [1.165, 1.54) is 205 Å². The lowest BCUT2D eigenvalue weighted by molar-refractivity contribution is -0.147. The van der Waals surface area contributed by atoms with Crippen molar-refractivity contribution in [2.45, 2.75) is 302 Å². The SMILES string of the molecule is CCCCC/C=C\C/C=C\CCCCCCCCCCCCCC(=O)NC(COP(=O)(O)OCC(O)COC(=O)CCCCCCCCCCCCCCCCCCCCCCCCCC)C(=O)O. The van der Waals surface area contributed by atoms with Gasteiger partial charge in [-0.3, -0.25) is 18.6 Å². The summed E-state index contributed by atoms with van der Waals surface area (Å²) in [5, 5.41) is 22.0. The topological polar surface area (TPSA) is 169 Å². The number of rotatable bonds is 55. The van der Waals surface area contributed by atoms with Gasteiger partial charge in [0.25, 0.3) is 0 Å². The van der Waals surface area contributed by atoms with Crippen LogP contribution in [0.15, 0.2) is 24.3 Å². The summed E-state index contributed by atoms with van der Waals surface area (Å²) in [5.41, 5.74) is 0. The Balaban J connectivity index is 3.74. The number of amides is 1. The molecule has 0 aliphatic rings. The number of hydrogen-bond acceptors (Lipinski definition) is 8. The minimum absolute atomic E-state index is 0.145. The molecule has 0 aliphatic carbocycles. The Morgan fingerprint density at radius 3 is 1.20 bits per heavy atom. The fraction of sp³-hybridized carbons (Fsp3) is 0.877. The van der Waals surface area contributed by atoms with Crippen molar-refractivity contribution >= 4 is 25.7 Å². The van der Waals surface area contributed by atoms with E-state index in [1.54, 1.807) is 0 Å². The van der Waals surface area contributed by atoms with Gasteiger partial charge in [0.1, 0.15) is 12.7 Å². The summed E-state index contributed by atoms with van der Waals surface area (Å²) >= 11 is 0. The summed E-state index contributed by atoms with van der Waals surface area (Å²) in [6.45, 7) is 2.64. The molecule has 0 saturated heterocycles. The van der Waals surface area contributed by atoms with E-state index in [4.69, 9.17) is 13.8 Å². The number of ether oxygens (including phenoxy) is 1. The zero-order valence-corrected chi connectivity index (χ0v) is 45.5. The highest BCUT2D eigenvalue weighted by atomic mass is 31.2. The predicted molar refractivity (Wildman–Crippen MR) is 286 cm³/mol. The van der Waals surface area contributed by atoms with E-state index in [-0.39, 0.29) is 12.8 Å². The first kappa shape index (κ1) is 67.0. The molecule has 0 aromatic carbocycles. The molecule has 3 unspecified atom stereocenters. The summed E-state index contributed by atoms with van der Waals surface area (Å²) in [7, 11) is -4.76. The minimum atomic E-state index is -4.76. The standard InChI is InChI=1S/C57H108NO10P/c1-3-5-7-9-11-13-15-17-19-21-23-25-26-27-29-31-33-35-37-39-41-43-45-47-49-56(61)66-50-53(59)51-67-69(64,65)68-52-54(57(62)63)58-55(60)48-46-44-42-40-38-36-34-32-30-28-24-22-20-18-16-14-12-10-8-6-4-2/h12,14,18,20,53-54,59H,3-11,13,15-17,19,21-52H2,1-2H3,(H,58,60)(H,62,63)(H,64,65)/b14-12-,20-18-. The van der Waals surface area contributed by atoms with Crippen LogP contribution in [-0.4, -0.2) is 64.9 Å². The van der Waals surface area contributed by atoms with Gasteiger partial charge < -0.3 is 25.2 Å². The lowest BCUT2D eigenvalue weighted by Gasteiger charge is -2.18. The van der Waals surface area contributed by atoms with Gasteiger partial charge in [0.2, 0.25) is 5.91 Å². The molecule has 0 bridgehead atoms. The number of carboxylic acid groups (broad SMARTS) is 1. The normalized spacial score (nSPS) is 13.6. The first-order valence-electron chi connectivity index (χ1n) is 28.9. The third kappa shape index (κ3) is 52.1. The highest BCUT2D eigenvalue weighted by Gasteiger charge is 2.28. The molecule has 0 aromatic rings. The molecule has 406 valence electrons. The second-order valence-electron chi connectivity index (χ2n) is 19.8. The number of unbranched alkanes of at least 4 members (excludes halogenated alkanes) is 37. The highest BCUT2D eigenvalue weighted by molar-refractivity contribution is 7.47. The largest absolute Gasteiger partial charge is 0.480 e. The van der Waals surface area contributed by atoms with Gasteiger partial charge in [0.05, 0.1) is 13.2 Å². The van der Waals surface area contributed by atoms with Crippen molar-refractivity contribution in [2.24, 2.45) is 0 Å². The van der Waals surface area contributed by atoms with Crippen LogP contribution < -0.4 is 5.32 Å². The van der Waals surface area contributed by atoms with E-state index in [2.05, 4.69) is 43.5 Å². The Labute approximate surface area is 423 Å². The van der Waals surface area contributed by atoms with E-state index in [0.717, 1.165) is 44.9 Å². The van der Waals surface area contributed by atoms with Crippen LogP contribution in [-0.2, 0) is 32.7 Å². The molecule has 3 atom stereocenters. The third-order valence-electron chi connectivity index (χ3n) is 13.0. The Morgan fingerprint density at radius 2 is 0.797 bits per heavy atom. The van der Waals surface area contributed by atoms with Crippen LogP contribution in [0.25, 0.3) is 0 Å². The molecule has 0 spiro atoms. The van der Waals surface area contributed by atoms with Gasteiger partial charge >= 0.3 is 19.8 Å². The van der Waals surface area contributed by atoms with Crippen LogP contribution in [0.1, 0.15) is 290 Å². The molecule has 12 heteroatoms. The summed E-state index contributed by atoms with van der Waals surface area (Å²) in [4.78, 5) is 46.3. The van der Waals surface area contributed by atoms with Crippen molar-refractivity contribution in [2.75, 3.05) is 19.8 Å². The van der Waals surface area contributed by atoms with Crippen LogP contribution in [0.4, 0.5) is 0 Å². The second kappa shape index (κ2) is 52.3. The summed E-state index contributed by atoms with van der Waals surface area (Å²) in [5.74, 6) is -2.35. The third-order valence-corrected chi connectivity index (χ3v) is 13.9. The molecule has 0 aliphatic heterocycles. The molecule has 0 radical (unpaired) electrons. The maximum absolute atomic E-state index is 12.4. The zero-order chi connectivity index (χ0) is 50.6. The van der Waals surface area contributed by atoms with Gasteiger partial charge in [-0.15, -0.1) is 0 Å². The van der Waals surface area contributed by atoms with E-state index in [9.17, 15) is 34.1 Å². The van der Waals surface area contributed by atoms with Crippen LogP contribution in [0.3, 0.4) is 0 Å². The van der Waals surface area contributed by atoms with Crippen LogP contribution in [0.5, 0.6) is 0 Å². The number of aliphatic carboxylic acids is 1. The molecule has 0 fully saturated rings. The fourth-order valence-electron chi connectivity index (χ4n) is 8.53. The van der Waals surface area contributed by atoms with Crippen molar-refractivity contribution in [1.82, 2.24) is 5.32 Å². The maximum atomic E-state index is 12.4. The number of carbonyl (C=O) groups excluding carboxylic acids is 2. The van der Waals surface area contributed by atoms with Gasteiger partial charge in [-0.05, 0) is 44.9 Å². The number of carbonyl (C=O) groups is 3. The number of nitrogens with one attached hydrogen (secondary N) is 1. The molecule has 0 heterocycles. The van der Waals surface area contributed by atoms with Crippen LogP contribution in [0.2, 0.25) is 0 Å². The highest BCUT2D eigenvalue weighted by Crippen LogP contribution is 2.43. The molecule has 0 rings (SSSR count). The fourth-order valence-corrected chi connectivity index (χ4v) is 9.30. The van der Waals surface area contributed by atoms with Crippen LogP contribution in [0, 0.1) is 0 Å². The van der Waals surface area contributed by atoms with E-state index in [0.29, 0.717) is 12.8 Å². The Kier molecular flexibility index (Phi) is 50.7. The average Bonchev–Trinajstić information content (AvgIpc) is 3.33. The quantitative estimate of drug-likeness (QED) is 0.0199. The van der Waals surface area contributed by atoms with Gasteiger partial charge in [-0.1, -0.05) is 256 Å². The van der Waals surface area contributed by atoms with Crippen molar-refractivity contribution in [3.63, 3.8) is 0 Å². The first-order chi connectivity index (χ1) is 33.6. The zero-order valence-electron chi connectivity index (χ0n) is 44.6. The van der Waals surface area contributed by atoms with Crippen molar-refractivity contribution in [1.29, 1.82) is 0 Å². The summed E-state index contributed by atoms with van der Waals surface area (Å²) in [6.07, 6.45) is 59.2. The number of aliphatic hydroxyl groups excluding tert-OH is 1. The number of phosphoric acid groups is 1. The molecule has 4 N–H and O–H groups in total. The molecule has 1 amide bonds. The van der Waals surface area contributed by atoms with Gasteiger partial charge in [-0.2, -0.15) is 0 Å². The van der Waals surface area contributed by atoms with Crippen molar-refractivity contribution < 1.29 is 47.8 Å². The second-order valence-corrected chi connectivity index (χ2v) is 21.3. The predicted octanol–water partition coefficient (Wildman–Crippen LogP) is 16.5. The molecule has 0 saturated carbocycles. The smallest absolute Gasteiger partial charge is 0.472 e. The number of carboxylic acids is 1. The van der Waals surface area contributed by atoms with Gasteiger partial charge in [0, 0.05) is 12.8 Å². The van der Waals surface area contributed by atoms with Gasteiger partial charge in [0.15, 0.2) is 6.04 Å². The lowest BCUT2D eigenvalue weighted by atomic mass is 10.0. The number of esters is 1. The monoisotopic (exact) mass is 998 g/mol. The Morgan fingerprint density at radius 1 is 0.464 bits per heavy atom. The summed E-state index contributed by atoms with van der Waals surface area (Å²) in [6, 6.07) is -1.55. The molecular formula is C57H108NO10P. The summed E-state index contributed by atoms with van der Waals surface area (Å²) < 4.78 is 27.0. The first-order valence-corrected chi connectivity index (χ1v) is 30.4. The Hall–Kier alpha value is -2.04. The molecule has 69 heavy (non-hydrogen) atoms. The number of hydrogen-bond donors (Lipinski definition) is 4. The number of allylic oxidation sites excluding steroid dienone is 4. The van der Waals surface area contributed by atoms with Crippen molar-refractivity contribution in [3.05, 3.63) is 24.3 Å². The van der Waals surface area contributed by atoms with E-state index in [1.807, 2.05) is 0 Å². The number of aliphatic hydroxyl groups is 1. The molecular weight excluding hydrogens is 890 g/mol. The average molecular weight is 998 g/mol. The number of phosphoric ester groups is 1. The van der Waals surface area contributed by atoms with E-state index >= 15 is 0 Å². The van der Waals surface area contributed by atoms with E-state index < -0.39 is 57.6 Å². The maximum Gasteiger partial charge on any atom is 0.472 e. The lowest BCUT2D eigenvalue weighted by Crippen LogP contribution is -2.43. The van der Waals surface area contributed by atoms with Crippen molar-refractivity contribution in [3.8, 4) is 0 Å². The minimum Gasteiger partial charge on any atom is -0.480 e.